The van der Waals surface area contributed by atoms with Crippen LogP contribution in [0.2, 0.25) is 0 Å². The van der Waals surface area contributed by atoms with Crippen LogP contribution in [-0.4, -0.2) is 22.9 Å². The molecule has 15 heavy (non-hydrogen) atoms. The van der Waals surface area contributed by atoms with Gasteiger partial charge in [0.15, 0.2) is 0 Å². The molecule has 0 saturated heterocycles. The SMILES string of the molecule is C=CCc1ccc(OCC(O)[CH]O)cc1. The molecule has 1 rings (SSSR count). The number of hydrogen-bond acceptors (Lipinski definition) is 3. The van der Waals surface area contributed by atoms with E-state index in [0.29, 0.717) is 12.4 Å². The fourth-order valence-corrected chi connectivity index (χ4v) is 1.11. The van der Waals surface area contributed by atoms with Gasteiger partial charge in [-0.1, -0.05) is 18.2 Å². The predicted octanol–water partition coefficient (Wildman–Crippen LogP) is 1.69. The summed E-state index contributed by atoms with van der Waals surface area (Å²) in [4.78, 5) is 0. The first-order valence-corrected chi connectivity index (χ1v) is 4.74. The van der Waals surface area contributed by atoms with Crippen molar-refractivity contribution in [1.82, 2.24) is 0 Å². The fraction of sp³-hybridized carbons (Fsp3) is 0.250. The van der Waals surface area contributed by atoms with E-state index in [1.807, 2.05) is 30.3 Å². The molecule has 1 unspecified atom stereocenters. The predicted molar refractivity (Wildman–Crippen MR) is 58.1 cm³/mol. The molecule has 0 aromatic heterocycles. The van der Waals surface area contributed by atoms with Gasteiger partial charge in [-0.3, -0.25) is 0 Å². The van der Waals surface area contributed by atoms with Crippen LogP contribution in [0.5, 0.6) is 5.75 Å². The van der Waals surface area contributed by atoms with E-state index >= 15 is 0 Å². The molecule has 0 heterocycles. The highest BCUT2D eigenvalue weighted by atomic mass is 16.5. The Morgan fingerprint density at radius 1 is 1.33 bits per heavy atom. The van der Waals surface area contributed by atoms with Crippen LogP contribution in [0.1, 0.15) is 5.56 Å². The first-order valence-electron chi connectivity index (χ1n) is 4.74. The molecule has 2 N–H and O–H groups in total. The summed E-state index contributed by atoms with van der Waals surface area (Å²) in [7, 11) is 0. The van der Waals surface area contributed by atoms with Gasteiger partial charge in [-0.15, -0.1) is 6.58 Å². The van der Waals surface area contributed by atoms with Gasteiger partial charge in [0.2, 0.25) is 0 Å². The Hall–Kier alpha value is -1.32. The average molecular weight is 207 g/mol. The smallest absolute Gasteiger partial charge is 0.119 e. The number of benzene rings is 1. The number of hydrogen-bond donors (Lipinski definition) is 2. The molecular formula is C12H15O3. The molecule has 3 heteroatoms. The van der Waals surface area contributed by atoms with Gasteiger partial charge in [0, 0.05) is 0 Å². The van der Waals surface area contributed by atoms with Crippen molar-refractivity contribution in [1.29, 1.82) is 0 Å². The van der Waals surface area contributed by atoms with Crippen LogP contribution in [0.3, 0.4) is 0 Å². The van der Waals surface area contributed by atoms with Crippen LogP contribution < -0.4 is 4.74 Å². The molecule has 81 valence electrons. The lowest BCUT2D eigenvalue weighted by Crippen LogP contribution is -2.17. The van der Waals surface area contributed by atoms with Gasteiger partial charge in [-0.25, -0.2) is 0 Å². The highest BCUT2D eigenvalue weighted by Gasteiger charge is 2.03. The maximum absolute atomic E-state index is 9.01. The monoisotopic (exact) mass is 207 g/mol. The number of aliphatic hydroxyl groups is 2. The lowest BCUT2D eigenvalue weighted by Gasteiger charge is -2.09. The van der Waals surface area contributed by atoms with Gasteiger partial charge < -0.3 is 14.9 Å². The topological polar surface area (TPSA) is 49.7 Å². The first-order chi connectivity index (χ1) is 7.26. The minimum absolute atomic E-state index is 0.0529. The van der Waals surface area contributed by atoms with E-state index in [2.05, 4.69) is 6.58 Å². The molecule has 1 aromatic rings. The second kappa shape index (κ2) is 6.22. The van der Waals surface area contributed by atoms with Gasteiger partial charge in [-0.05, 0) is 24.1 Å². The highest BCUT2D eigenvalue weighted by molar-refractivity contribution is 5.28. The molecule has 1 atom stereocenters. The van der Waals surface area contributed by atoms with E-state index in [0.717, 1.165) is 12.0 Å². The maximum Gasteiger partial charge on any atom is 0.119 e. The molecule has 0 spiro atoms. The summed E-state index contributed by atoms with van der Waals surface area (Å²) in [5.74, 6) is 0.670. The third kappa shape index (κ3) is 4.14. The van der Waals surface area contributed by atoms with E-state index in [1.54, 1.807) is 0 Å². The second-order valence-corrected chi connectivity index (χ2v) is 3.16. The maximum atomic E-state index is 9.01. The summed E-state index contributed by atoms with van der Waals surface area (Å²) in [5, 5.41) is 17.5. The summed E-state index contributed by atoms with van der Waals surface area (Å²) in [6.07, 6.45) is 1.71. The van der Waals surface area contributed by atoms with Crippen LogP contribution in [0.4, 0.5) is 0 Å². The number of rotatable bonds is 6. The van der Waals surface area contributed by atoms with Crippen molar-refractivity contribution in [2.75, 3.05) is 6.61 Å². The lowest BCUT2D eigenvalue weighted by molar-refractivity contribution is 0.0915. The van der Waals surface area contributed by atoms with E-state index < -0.39 is 6.10 Å². The zero-order chi connectivity index (χ0) is 11.1. The van der Waals surface area contributed by atoms with Crippen molar-refractivity contribution in [3.8, 4) is 5.75 Å². The van der Waals surface area contributed by atoms with E-state index in [1.165, 1.54) is 0 Å². The normalized spacial score (nSPS) is 12.1. The van der Waals surface area contributed by atoms with Crippen molar-refractivity contribution in [2.45, 2.75) is 12.5 Å². The molecule has 1 aromatic carbocycles. The molecule has 0 saturated carbocycles. The van der Waals surface area contributed by atoms with E-state index in [-0.39, 0.29) is 6.61 Å². The lowest BCUT2D eigenvalue weighted by atomic mass is 10.1. The highest BCUT2D eigenvalue weighted by Crippen LogP contribution is 2.13. The Bertz CT molecular complexity index is 292. The Morgan fingerprint density at radius 2 is 2.00 bits per heavy atom. The van der Waals surface area contributed by atoms with E-state index in [4.69, 9.17) is 14.9 Å². The fourth-order valence-electron chi connectivity index (χ4n) is 1.11. The van der Waals surface area contributed by atoms with Crippen molar-refractivity contribution in [3.05, 3.63) is 49.1 Å². The van der Waals surface area contributed by atoms with Crippen LogP contribution in [0.15, 0.2) is 36.9 Å². The van der Waals surface area contributed by atoms with E-state index in [9.17, 15) is 0 Å². The van der Waals surface area contributed by atoms with Crippen molar-refractivity contribution >= 4 is 0 Å². The minimum Gasteiger partial charge on any atom is -0.491 e. The van der Waals surface area contributed by atoms with Crippen molar-refractivity contribution in [2.24, 2.45) is 0 Å². The Morgan fingerprint density at radius 3 is 2.53 bits per heavy atom. The van der Waals surface area contributed by atoms with Gasteiger partial charge in [-0.2, -0.15) is 0 Å². The van der Waals surface area contributed by atoms with Gasteiger partial charge in [0.05, 0.1) is 0 Å². The third-order valence-corrected chi connectivity index (χ3v) is 1.90. The molecule has 0 bridgehead atoms. The average Bonchev–Trinajstić information content (AvgIpc) is 2.28. The standard InChI is InChI=1S/C12H15O3/c1-2-3-10-4-6-12(7-5-10)15-9-11(14)8-13/h2,4-8,11,13-14H,1,3,9H2. The summed E-state index contributed by atoms with van der Waals surface area (Å²) in [6.45, 7) is 4.41. The zero-order valence-corrected chi connectivity index (χ0v) is 8.47. The van der Waals surface area contributed by atoms with Crippen LogP contribution in [0.25, 0.3) is 0 Å². The minimum atomic E-state index is -0.946. The Labute approximate surface area is 89.6 Å². The van der Waals surface area contributed by atoms with Crippen LogP contribution in [0, 0.1) is 6.61 Å². The molecule has 0 aliphatic heterocycles. The summed E-state index contributed by atoms with van der Waals surface area (Å²) < 4.78 is 5.22. The van der Waals surface area contributed by atoms with Gasteiger partial charge >= 0.3 is 0 Å². The molecular weight excluding hydrogens is 192 g/mol. The van der Waals surface area contributed by atoms with Crippen molar-refractivity contribution < 1.29 is 14.9 Å². The van der Waals surface area contributed by atoms with Crippen molar-refractivity contribution in [3.63, 3.8) is 0 Å². The molecule has 0 aliphatic carbocycles. The Kier molecular flexibility index (Phi) is 4.87. The van der Waals surface area contributed by atoms with Gasteiger partial charge in [0.25, 0.3) is 0 Å². The second-order valence-electron chi connectivity index (χ2n) is 3.16. The summed E-state index contributed by atoms with van der Waals surface area (Å²) >= 11 is 0. The third-order valence-electron chi connectivity index (χ3n) is 1.90. The summed E-state index contributed by atoms with van der Waals surface area (Å²) in [5.41, 5.74) is 1.16. The largest absolute Gasteiger partial charge is 0.491 e. The number of aliphatic hydroxyl groups excluding tert-OH is 2. The summed E-state index contributed by atoms with van der Waals surface area (Å²) in [6, 6.07) is 7.52. The Balaban J connectivity index is 2.45. The quantitative estimate of drug-likeness (QED) is 0.698. The van der Waals surface area contributed by atoms with Gasteiger partial charge in [0.1, 0.15) is 25.1 Å². The number of ether oxygens (including phenoxy) is 1. The number of allylic oxidation sites excluding steroid dienone is 1. The molecule has 0 amide bonds. The molecule has 0 fully saturated rings. The molecule has 3 nitrogen and oxygen atoms in total. The van der Waals surface area contributed by atoms with Crippen LogP contribution in [-0.2, 0) is 6.42 Å². The molecule has 1 radical (unpaired) electrons. The molecule has 0 aliphatic rings. The first kappa shape index (κ1) is 11.8. The van der Waals surface area contributed by atoms with Crippen LogP contribution >= 0.6 is 0 Å². The zero-order valence-electron chi connectivity index (χ0n) is 8.47.